The lowest BCUT2D eigenvalue weighted by molar-refractivity contribution is -0.166. The summed E-state index contributed by atoms with van der Waals surface area (Å²) in [6.45, 7) is 14.5. The van der Waals surface area contributed by atoms with Gasteiger partial charge in [-0.25, -0.2) is 0 Å². The molecule has 1 aromatic carbocycles. The number of hydrogen-bond donors (Lipinski definition) is 4. The Hall–Kier alpha value is -2.69. The van der Waals surface area contributed by atoms with Crippen molar-refractivity contribution in [1.29, 1.82) is 0 Å². The Bertz CT molecular complexity index is 964. The molecule has 0 aliphatic heterocycles. The first-order chi connectivity index (χ1) is 19.7. The molecule has 0 saturated heterocycles. The minimum atomic E-state index is -1.14. The number of methoxy groups -OCH3 is 1. The zero-order valence-electron chi connectivity index (χ0n) is 26.9. The summed E-state index contributed by atoms with van der Waals surface area (Å²) in [5, 5.41) is 17.0. The number of carbonyl (C=O) groups is 3. The summed E-state index contributed by atoms with van der Waals surface area (Å²) < 4.78 is 16.5. The summed E-state index contributed by atoms with van der Waals surface area (Å²) in [6, 6.07) is 6.92. The van der Waals surface area contributed by atoms with Gasteiger partial charge in [-0.1, -0.05) is 46.2 Å². The van der Waals surface area contributed by atoms with Gasteiger partial charge in [0.1, 0.15) is 11.4 Å². The Labute approximate surface area is 252 Å². The van der Waals surface area contributed by atoms with E-state index >= 15 is 0 Å². The summed E-state index contributed by atoms with van der Waals surface area (Å²) in [4.78, 5) is 39.2. The molecule has 1 aromatic rings. The summed E-state index contributed by atoms with van der Waals surface area (Å²) in [7, 11) is 1.62. The fraction of sp³-hybridized carbons (Fsp3) is 0.719. The topological polar surface area (TPSA) is 149 Å². The molecule has 0 aromatic heterocycles. The van der Waals surface area contributed by atoms with Crippen LogP contribution in [0.5, 0.6) is 5.75 Å². The molecule has 0 aliphatic rings. The lowest BCUT2D eigenvalue weighted by atomic mass is 9.80. The first kappa shape index (κ1) is 37.3. The Morgan fingerprint density at radius 2 is 1.69 bits per heavy atom. The Balaban J connectivity index is 3.10. The van der Waals surface area contributed by atoms with Gasteiger partial charge in [0.15, 0.2) is 0 Å². The van der Waals surface area contributed by atoms with Crippen LogP contribution in [0.4, 0.5) is 0 Å². The molecule has 0 heterocycles. The molecule has 42 heavy (non-hydrogen) atoms. The second-order valence-electron chi connectivity index (χ2n) is 12.3. The third-order valence-electron chi connectivity index (χ3n) is 7.07. The average molecular weight is 594 g/mol. The van der Waals surface area contributed by atoms with Gasteiger partial charge in [-0.05, 0) is 64.0 Å². The van der Waals surface area contributed by atoms with Gasteiger partial charge in [-0.15, -0.1) is 0 Å². The van der Waals surface area contributed by atoms with Gasteiger partial charge in [0.25, 0.3) is 5.91 Å². The van der Waals surface area contributed by atoms with Crippen LogP contribution in [0.15, 0.2) is 24.3 Å². The predicted molar refractivity (Wildman–Crippen MR) is 164 cm³/mol. The van der Waals surface area contributed by atoms with Crippen LogP contribution < -0.4 is 21.1 Å². The van der Waals surface area contributed by atoms with Crippen LogP contribution in [0.3, 0.4) is 0 Å². The molecule has 240 valence electrons. The van der Waals surface area contributed by atoms with Crippen LogP contribution >= 0.6 is 0 Å². The fourth-order valence-electron chi connectivity index (χ4n) is 4.61. The van der Waals surface area contributed by atoms with E-state index in [-0.39, 0.29) is 30.6 Å². The number of esters is 1. The van der Waals surface area contributed by atoms with Gasteiger partial charge in [0, 0.05) is 32.6 Å². The molecule has 0 aliphatic carbocycles. The highest BCUT2D eigenvalue weighted by molar-refractivity contribution is 5.97. The second kappa shape index (κ2) is 18.8. The minimum absolute atomic E-state index is 0.0484. The summed E-state index contributed by atoms with van der Waals surface area (Å²) >= 11 is 0. The van der Waals surface area contributed by atoms with Gasteiger partial charge in [-0.2, -0.15) is 0 Å². The van der Waals surface area contributed by atoms with Gasteiger partial charge in [-0.3, -0.25) is 14.4 Å². The number of aliphatic hydroxyl groups excluding tert-OH is 1. The molecule has 2 amide bonds. The Kier molecular flexibility index (Phi) is 16.7. The number of para-hydroxylation sites is 1. The predicted octanol–water partition coefficient (Wildman–Crippen LogP) is 4.04. The van der Waals surface area contributed by atoms with Crippen molar-refractivity contribution in [2.45, 2.75) is 98.4 Å². The fourth-order valence-corrected chi connectivity index (χ4v) is 4.61. The number of nitrogens with one attached hydrogen (secondary N) is 2. The van der Waals surface area contributed by atoms with Crippen LogP contribution in [0.1, 0.15) is 90.9 Å². The van der Waals surface area contributed by atoms with Gasteiger partial charge in [0.2, 0.25) is 5.91 Å². The second-order valence-corrected chi connectivity index (χ2v) is 12.3. The molecular weight excluding hydrogens is 538 g/mol. The number of benzene rings is 1. The number of nitrogens with two attached hydrogens (primary N) is 1. The molecule has 0 saturated carbocycles. The maximum atomic E-state index is 13.3. The highest BCUT2D eigenvalue weighted by Gasteiger charge is 2.37. The first-order valence-corrected chi connectivity index (χ1v) is 15.2. The SMILES string of the molecule is CCCCNC(=O)[C@H](C)C[C@H](O)[C@H](C[C@H](C(C)C)C(N)NC(=O)c1ccccc1OCCCOC)C(=O)OC(C)(C)C. The number of ether oxygens (including phenoxy) is 3. The third kappa shape index (κ3) is 13.5. The van der Waals surface area contributed by atoms with Crippen molar-refractivity contribution in [3.8, 4) is 5.75 Å². The number of unbranched alkanes of at least 4 members (excludes halogenated alkanes) is 1. The van der Waals surface area contributed by atoms with E-state index in [1.807, 2.05) is 20.8 Å². The standard InChI is InChI=1S/C32H55N3O7/c1-9-10-16-34-29(37)22(4)19-26(36)25(31(39)42-32(5,6)7)20-24(21(2)3)28(33)35-30(38)23-14-11-12-15-27(23)41-18-13-17-40-8/h11-12,14-15,21-22,24-26,28,36H,9-10,13,16-20,33H2,1-8H3,(H,34,37)(H,35,38)/t22-,24-,25+,26+,28?/m1/s1. The molecule has 0 fully saturated rings. The van der Waals surface area contributed by atoms with Crippen molar-refractivity contribution in [2.24, 2.45) is 29.4 Å². The summed E-state index contributed by atoms with van der Waals surface area (Å²) in [6.07, 6.45) is 0.776. The molecule has 0 spiro atoms. The quantitative estimate of drug-likeness (QED) is 0.107. The van der Waals surface area contributed by atoms with Crippen LogP contribution in [0.25, 0.3) is 0 Å². The van der Waals surface area contributed by atoms with Crippen LogP contribution in [0, 0.1) is 23.7 Å². The molecule has 10 heteroatoms. The Morgan fingerprint density at radius 3 is 2.29 bits per heavy atom. The molecule has 10 nitrogen and oxygen atoms in total. The molecule has 1 rings (SSSR count). The minimum Gasteiger partial charge on any atom is -0.493 e. The highest BCUT2D eigenvalue weighted by Crippen LogP contribution is 2.30. The van der Waals surface area contributed by atoms with Crippen molar-refractivity contribution in [1.82, 2.24) is 10.6 Å². The molecular formula is C32H55N3O7. The number of carbonyl (C=O) groups excluding carboxylic acids is 3. The van der Waals surface area contributed by atoms with Gasteiger partial charge < -0.3 is 35.7 Å². The van der Waals surface area contributed by atoms with Crippen LogP contribution in [0.2, 0.25) is 0 Å². The smallest absolute Gasteiger partial charge is 0.312 e. The highest BCUT2D eigenvalue weighted by atomic mass is 16.6. The Morgan fingerprint density at radius 1 is 1.02 bits per heavy atom. The lowest BCUT2D eigenvalue weighted by Crippen LogP contribution is -2.50. The number of aliphatic hydroxyl groups is 1. The largest absolute Gasteiger partial charge is 0.493 e. The number of amides is 2. The van der Waals surface area contributed by atoms with Crippen molar-refractivity contribution in [2.75, 3.05) is 26.9 Å². The third-order valence-corrected chi connectivity index (χ3v) is 7.07. The normalized spacial score (nSPS) is 15.3. The molecule has 0 radical (unpaired) electrons. The molecule has 1 unspecified atom stereocenters. The van der Waals surface area contributed by atoms with Crippen LogP contribution in [-0.2, 0) is 19.1 Å². The summed E-state index contributed by atoms with van der Waals surface area (Å²) in [5.74, 6) is -2.58. The summed E-state index contributed by atoms with van der Waals surface area (Å²) in [5.41, 5.74) is 6.13. The maximum Gasteiger partial charge on any atom is 0.312 e. The van der Waals surface area contributed by atoms with Gasteiger partial charge >= 0.3 is 5.97 Å². The number of rotatable bonds is 19. The van der Waals surface area contributed by atoms with E-state index in [1.54, 1.807) is 59.1 Å². The number of hydrogen-bond acceptors (Lipinski definition) is 8. The zero-order chi connectivity index (χ0) is 31.9. The molecule has 5 atom stereocenters. The van der Waals surface area contributed by atoms with Crippen molar-refractivity contribution >= 4 is 17.8 Å². The van der Waals surface area contributed by atoms with Crippen molar-refractivity contribution < 1.29 is 33.7 Å². The van der Waals surface area contributed by atoms with E-state index in [0.29, 0.717) is 37.5 Å². The van der Waals surface area contributed by atoms with E-state index in [4.69, 9.17) is 19.9 Å². The average Bonchev–Trinajstić information content (AvgIpc) is 2.90. The van der Waals surface area contributed by atoms with Crippen molar-refractivity contribution in [3.63, 3.8) is 0 Å². The van der Waals surface area contributed by atoms with E-state index in [0.717, 1.165) is 12.8 Å². The van der Waals surface area contributed by atoms with E-state index < -0.39 is 41.6 Å². The first-order valence-electron chi connectivity index (χ1n) is 15.2. The van der Waals surface area contributed by atoms with E-state index in [1.165, 1.54) is 0 Å². The van der Waals surface area contributed by atoms with Crippen molar-refractivity contribution in [3.05, 3.63) is 29.8 Å². The lowest BCUT2D eigenvalue weighted by Gasteiger charge is -2.34. The van der Waals surface area contributed by atoms with Gasteiger partial charge in [0.05, 0.1) is 30.4 Å². The maximum absolute atomic E-state index is 13.3. The van der Waals surface area contributed by atoms with E-state index in [9.17, 15) is 19.5 Å². The monoisotopic (exact) mass is 593 g/mol. The zero-order valence-corrected chi connectivity index (χ0v) is 26.9. The van der Waals surface area contributed by atoms with Crippen LogP contribution in [-0.4, -0.2) is 67.6 Å². The molecule has 5 N–H and O–H groups in total. The molecule has 0 bridgehead atoms. The van der Waals surface area contributed by atoms with E-state index in [2.05, 4.69) is 10.6 Å².